The normalized spacial score (nSPS) is 26.7. The molecule has 2 atom stereocenters. The highest BCUT2D eigenvalue weighted by Gasteiger charge is 2.71. The zero-order valence-electron chi connectivity index (χ0n) is 18.3. The molecule has 2 fully saturated rings. The molecule has 2 bridgehead atoms. The lowest BCUT2D eigenvalue weighted by molar-refractivity contribution is -0.384. The van der Waals surface area contributed by atoms with E-state index in [1.807, 2.05) is 6.07 Å². The van der Waals surface area contributed by atoms with E-state index >= 15 is 0 Å². The Hall–Kier alpha value is -3.55. The van der Waals surface area contributed by atoms with Crippen LogP contribution < -0.4 is 5.32 Å². The van der Waals surface area contributed by atoms with Gasteiger partial charge in [0, 0.05) is 29.7 Å². The van der Waals surface area contributed by atoms with E-state index in [0.29, 0.717) is 29.8 Å². The summed E-state index contributed by atoms with van der Waals surface area (Å²) in [7, 11) is 0. The summed E-state index contributed by atoms with van der Waals surface area (Å²) in [5.74, 6) is -0.689. The maximum atomic E-state index is 13.5. The van der Waals surface area contributed by atoms with Gasteiger partial charge in [0.15, 0.2) is 0 Å². The van der Waals surface area contributed by atoms with Gasteiger partial charge in [0.1, 0.15) is 0 Å². The van der Waals surface area contributed by atoms with E-state index < -0.39 is 27.1 Å². The van der Waals surface area contributed by atoms with Crippen molar-refractivity contribution in [1.82, 2.24) is 0 Å². The van der Waals surface area contributed by atoms with Gasteiger partial charge in [-0.15, -0.1) is 0 Å². The summed E-state index contributed by atoms with van der Waals surface area (Å²) in [6.07, 6.45) is 1.81. The van der Waals surface area contributed by atoms with E-state index in [4.69, 9.17) is 4.84 Å². The van der Waals surface area contributed by atoms with Gasteiger partial charge in [-0.25, -0.2) is 4.79 Å². The SMILES string of the molecule is CC12CCC(C(=O)Nc3ccc([N+](=O)[O-])cc3)(CC1=NOC(=O)c1ccccc1)C2(C)C. The number of benzene rings is 2. The molecule has 32 heavy (non-hydrogen) atoms. The number of carbonyl (C=O) groups is 2. The maximum Gasteiger partial charge on any atom is 0.365 e. The molecular formula is C24H25N3O5. The van der Waals surface area contributed by atoms with Crippen molar-refractivity contribution in [3.05, 3.63) is 70.3 Å². The molecule has 8 heteroatoms. The Balaban J connectivity index is 1.57. The average Bonchev–Trinajstić information content (AvgIpc) is 3.09. The highest BCUT2D eigenvalue weighted by molar-refractivity contribution is 6.06. The minimum Gasteiger partial charge on any atom is -0.326 e. The van der Waals surface area contributed by atoms with Gasteiger partial charge in [0.05, 0.1) is 21.6 Å². The molecule has 0 radical (unpaired) electrons. The molecular weight excluding hydrogens is 410 g/mol. The highest BCUT2D eigenvalue weighted by Crippen LogP contribution is 2.71. The van der Waals surface area contributed by atoms with Crippen LogP contribution in [0.4, 0.5) is 11.4 Å². The number of carbonyl (C=O) groups excluding carboxylic acids is 2. The third-order valence-corrected chi connectivity index (χ3v) is 7.75. The molecule has 0 aliphatic heterocycles. The zero-order chi connectivity index (χ0) is 23.1. The first-order valence-corrected chi connectivity index (χ1v) is 10.5. The lowest BCUT2D eigenvalue weighted by atomic mass is 9.64. The van der Waals surface area contributed by atoms with E-state index in [1.54, 1.807) is 24.3 Å². The van der Waals surface area contributed by atoms with Crippen molar-refractivity contribution in [3.63, 3.8) is 0 Å². The quantitative estimate of drug-likeness (QED) is 0.405. The molecule has 0 saturated heterocycles. The molecule has 2 unspecified atom stereocenters. The van der Waals surface area contributed by atoms with E-state index in [-0.39, 0.29) is 11.6 Å². The van der Waals surface area contributed by atoms with Crippen molar-refractivity contribution in [2.24, 2.45) is 21.4 Å². The highest BCUT2D eigenvalue weighted by atomic mass is 16.7. The predicted octanol–water partition coefficient (Wildman–Crippen LogP) is 4.96. The Labute approximate surface area is 185 Å². The summed E-state index contributed by atoms with van der Waals surface area (Å²) in [5.41, 5.74) is 0.0406. The molecule has 2 aliphatic carbocycles. The Morgan fingerprint density at radius 3 is 2.31 bits per heavy atom. The van der Waals surface area contributed by atoms with Crippen LogP contribution in [0.1, 0.15) is 50.4 Å². The number of nitro groups is 1. The van der Waals surface area contributed by atoms with E-state index in [9.17, 15) is 19.7 Å². The maximum absolute atomic E-state index is 13.5. The number of nitrogens with zero attached hydrogens (tertiary/aromatic N) is 2. The number of nitrogens with one attached hydrogen (secondary N) is 1. The van der Waals surface area contributed by atoms with Crippen molar-refractivity contribution < 1.29 is 19.3 Å². The molecule has 0 heterocycles. The Kier molecular flexibility index (Phi) is 5.11. The third-order valence-electron chi connectivity index (χ3n) is 7.75. The van der Waals surface area contributed by atoms with Crippen LogP contribution in [0.25, 0.3) is 0 Å². The number of nitro benzene ring substituents is 1. The van der Waals surface area contributed by atoms with Crippen molar-refractivity contribution in [1.29, 1.82) is 0 Å². The van der Waals surface area contributed by atoms with Crippen LogP contribution in [0.5, 0.6) is 0 Å². The van der Waals surface area contributed by atoms with Gasteiger partial charge in [0.25, 0.3) is 5.69 Å². The molecule has 0 aromatic heterocycles. The summed E-state index contributed by atoms with van der Waals surface area (Å²) < 4.78 is 0. The number of anilines is 1. The number of fused-ring (bicyclic) bond motifs is 2. The van der Waals surface area contributed by atoms with Crippen LogP contribution >= 0.6 is 0 Å². The molecule has 2 aliphatic rings. The fourth-order valence-corrected chi connectivity index (χ4v) is 5.16. The molecule has 2 saturated carbocycles. The molecule has 166 valence electrons. The second-order valence-electron chi connectivity index (χ2n) is 9.26. The third kappa shape index (κ3) is 3.18. The summed E-state index contributed by atoms with van der Waals surface area (Å²) in [6.45, 7) is 6.17. The molecule has 2 aromatic rings. The molecule has 0 spiro atoms. The van der Waals surface area contributed by atoms with Gasteiger partial charge in [0.2, 0.25) is 5.91 Å². The summed E-state index contributed by atoms with van der Waals surface area (Å²) >= 11 is 0. The average molecular weight is 435 g/mol. The topological polar surface area (TPSA) is 111 Å². The first-order chi connectivity index (χ1) is 15.1. The van der Waals surface area contributed by atoms with Crippen molar-refractivity contribution in [2.45, 2.75) is 40.0 Å². The van der Waals surface area contributed by atoms with Crippen LogP contribution in [-0.2, 0) is 9.63 Å². The molecule has 8 nitrogen and oxygen atoms in total. The number of hydrogen-bond donors (Lipinski definition) is 1. The van der Waals surface area contributed by atoms with Crippen LogP contribution in [0.3, 0.4) is 0 Å². The van der Waals surface area contributed by atoms with E-state index in [1.165, 1.54) is 24.3 Å². The van der Waals surface area contributed by atoms with Crippen molar-refractivity contribution in [3.8, 4) is 0 Å². The van der Waals surface area contributed by atoms with Gasteiger partial charge in [-0.3, -0.25) is 14.9 Å². The second kappa shape index (κ2) is 7.55. The summed E-state index contributed by atoms with van der Waals surface area (Å²) in [4.78, 5) is 41.5. The smallest absolute Gasteiger partial charge is 0.326 e. The summed E-state index contributed by atoms with van der Waals surface area (Å²) in [5, 5.41) is 18.0. The van der Waals surface area contributed by atoms with Gasteiger partial charge in [-0.1, -0.05) is 44.1 Å². The summed E-state index contributed by atoms with van der Waals surface area (Å²) in [6, 6.07) is 14.4. The molecule has 2 aromatic carbocycles. The zero-order valence-corrected chi connectivity index (χ0v) is 18.3. The van der Waals surface area contributed by atoms with Crippen LogP contribution in [0.2, 0.25) is 0 Å². The first kappa shape index (κ1) is 21.7. The van der Waals surface area contributed by atoms with Crippen molar-refractivity contribution in [2.75, 3.05) is 5.32 Å². The fraction of sp³-hybridized carbons (Fsp3) is 0.375. The molecule has 1 amide bonds. The lowest BCUT2D eigenvalue weighted by Crippen LogP contribution is -2.43. The lowest BCUT2D eigenvalue weighted by Gasteiger charge is -2.39. The van der Waals surface area contributed by atoms with Gasteiger partial charge in [-0.2, -0.15) is 0 Å². The Morgan fingerprint density at radius 2 is 1.69 bits per heavy atom. The van der Waals surface area contributed by atoms with Gasteiger partial charge in [-0.05, 0) is 42.5 Å². The number of non-ortho nitro benzene ring substituents is 1. The monoisotopic (exact) mass is 435 g/mol. The van der Waals surface area contributed by atoms with Crippen LogP contribution in [-0.4, -0.2) is 22.5 Å². The van der Waals surface area contributed by atoms with E-state index in [0.717, 1.165) is 6.42 Å². The van der Waals surface area contributed by atoms with Gasteiger partial charge >= 0.3 is 5.97 Å². The van der Waals surface area contributed by atoms with Crippen LogP contribution in [0.15, 0.2) is 59.8 Å². The first-order valence-electron chi connectivity index (χ1n) is 10.5. The number of rotatable bonds is 5. The minimum absolute atomic E-state index is 0.0366. The van der Waals surface area contributed by atoms with Crippen molar-refractivity contribution >= 4 is 29.0 Å². The number of amides is 1. The Bertz CT molecular complexity index is 1110. The minimum atomic E-state index is -0.721. The van der Waals surface area contributed by atoms with E-state index in [2.05, 4.69) is 31.2 Å². The number of hydrogen-bond acceptors (Lipinski definition) is 6. The standard InChI is InChI=1S/C24H25N3O5/c1-22(2)23(3)13-14-24(22,21(29)25-17-9-11-18(12-10-17)27(30)31)15-19(23)26-32-20(28)16-7-5-4-6-8-16/h4-12H,13-15H2,1-3H3,(H,25,29). The number of oxime groups is 1. The molecule has 4 rings (SSSR count). The molecule has 1 N–H and O–H groups in total. The second-order valence-corrected chi connectivity index (χ2v) is 9.26. The Morgan fingerprint density at radius 1 is 1.03 bits per heavy atom. The predicted molar refractivity (Wildman–Crippen MR) is 119 cm³/mol. The largest absolute Gasteiger partial charge is 0.365 e. The van der Waals surface area contributed by atoms with Crippen LogP contribution in [0, 0.1) is 26.4 Å². The fourth-order valence-electron chi connectivity index (χ4n) is 5.16. The van der Waals surface area contributed by atoms with Gasteiger partial charge < -0.3 is 10.2 Å².